The van der Waals surface area contributed by atoms with Crippen molar-refractivity contribution in [3.8, 4) is 0 Å². The average Bonchev–Trinajstić information content (AvgIpc) is 3.03. The zero-order valence-electron chi connectivity index (χ0n) is 12.8. The van der Waals surface area contributed by atoms with Gasteiger partial charge in [0, 0.05) is 5.39 Å². The lowest BCUT2D eigenvalue weighted by molar-refractivity contribution is 0.530. The van der Waals surface area contributed by atoms with E-state index in [1.165, 1.54) is 0 Å². The first-order valence-corrected chi connectivity index (χ1v) is 9.06. The molecule has 0 unspecified atom stereocenters. The minimum absolute atomic E-state index is 0.115. The van der Waals surface area contributed by atoms with Gasteiger partial charge in [-0.1, -0.05) is 48.5 Å². The van der Waals surface area contributed by atoms with E-state index >= 15 is 0 Å². The van der Waals surface area contributed by atoms with E-state index in [1.807, 2.05) is 60.7 Å². The second-order valence-corrected chi connectivity index (χ2v) is 7.35. The first kappa shape index (κ1) is 14.9. The Morgan fingerprint density at radius 3 is 2.29 bits per heavy atom. The zero-order valence-corrected chi connectivity index (χ0v) is 13.6. The summed E-state index contributed by atoms with van der Waals surface area (Å²) < 4.78 is 33.3. The van der Waals surface area contributed by atoms with Gasteiger partial charge in [-0.15, -0.1) is 0 Å². The minimum atomic E-state index is -3.60. The second kappa shape index (κ2) is 5.78. The molecule has 0 saturated heterocycles. The fourth-order valence-corrected chi connectivity index (χ4v) is 3.74. The maximum absolute atomic E-state index is 12.5. The molecule has 4 rings (SSSR count). The van der Waals surface area contributed by atoms with Gasteiger partial charge in [0.1, 0.15) is 11.3 Å². The molecule has 0 saturated carbocycles. The van der Waals surface area contributed by atoms with Crippen LogP contribution in [0.15, 0.2) is 82.1 Å². The molecule has 0 aliphatic heterocycles. The van der Waals surface area contributed by atoms with E-state index in [4.69, 9.17) is 4.42 Å². The van der Waals surface area contributed by atoms with Crippen molar-refractivity contribution in [2.45, 2.75) is 11.4 Å². The second-order valence-electron chi connectivity index (χ2n) is 5.58. The molecule has 4 aromatic rings. The summed E-state index contributed by atoms with van der Waals surface area (Å²) in [6.07, 6.45) is 0. The van der Waals surface area contributed by atoms with E-state index in [9.17, 15) is 8.42 Å². The molecule has 1 heterocycles. The van der Waals surface area contributed by atoms with E-state index in [-0.39, 0.29) is 11.4 Å². The predicted octanol–water partition coefficient (Wildman–Crippen LogP) is 4.06. The van der Waals surface area contributed by atoms with E-state index in [0.29, 0.717) is 5.76 Å². The molecule has 0 aliphatic carbocycles. The number of sulfonamides is 1. The molecule has 120 valence electrons. The lowest BCUT2D eigenvalue weighted by Crippen LogP contribution is -2.22. The quantitative estimate of drug-likeness (QED) is 0.611. The first-order chi connectivity index (χ1) is 11.6. The molecule has 1 N–H and O–H groups in total. The normalized spacial score (nSPS) is 12.0. The van der Waals surface area contributed by atoms with Crippen LogP contribution in [0.4, 0.5) is 0 Å². The van der Waals surface area contributed by atoms with Crippen molar-refractivity contribution >= 4 is 31.8 Å². The molecule has 4 nitrogen and oxygen atoms in total. The third kappa shape index (κ3) is 2.79. The number of nitrogens with one attached hydrogen (secondary N) is 1. The number of fused-ring (bicyclic) bond motifs is 2. The van der Waals surface area contributed by atoms with Crippen molar-refractivity contribution < 1.29 is 12.8 Å². The van der Waals surface area contributed by atoms with Crippen LogP contribution in [0.5, 0.6) is 0 Å². The summed E-state index contributed by atoms with van der Waals surface area (Å²) in [5.41, 5.74) is 0.748. The van der Waals surface area contributed by atoms with Gasteiger partial charge in [-0.05, 0) is 35.0 Å². The fourth-order valence-electron chi connectivity index (χ4n) is 2.71. The summed E-state index contributed by atoms with van der Waals surface area (Å²) in [7, 11) is -3.60. The molecule has 1 aromatic heterocycles. The van der Waals surface area contributed by atoms with Gasteiger partial charge in [-0.2, -0.15) is 0 Å². The van der Waals surface area contributed by atoms with Crippen LogP contribution in [0, 0.1) is 0 Å². The van der Waals surface area contributed by atoms with Crippen molar-refractivity contribution in [2.75, 3.05) is 0 Å². The molecule has 0 radical (unpaired) electrons. The number of rotatable bonds is 4. The molecule has 0 bridgehead atoms. The Kier molecular flexibility index (Phi) is 3.59. The van der Waals surface area contributed by atoms with Crippen molar-refractivity contribution in [2.24, 2.45) is 0 Å². The smallest absolute Gasteiger partial charge is 0.240 e. The van der Waals surface area contributed by atoms with Gasteiger partial charge in [-0.3, -0.25) is 0 Å². The highest BCUT2D eigenvalue weighted by atomic mass is 32.2. The summed E-state index contributed by atoms with van der Waals surface area (Å²) in [5, 5.41) is 2.86. The van der Waals surface area contributed by atoms with Gasteiger partial charge < -0.3 is 4.42 Å². The maximum atomic E-state index is 12.5. The third-order valence-electron chi connectivity index (χ3n) is 3.94. The fraction of sp³-hybridized carbons (Fsp3) is 0.0526. The van der Waals surface area contributed by atoms with E-state index in [1.54, 1.807) is 12.1 Å². The molecule has 0 fully saturated rings. The Morgan fingerprint density at radius 1 is 0.792 bits per heavy atom. The summed E-state index contributed by atoms with van der Waals surface area (Å²) >= 11 is 0. The Morgan fingerprint density at radius 2 is 1.50 bits per heavy atom. The third-order valence-corrected chi connectivity index (χ3v) is 5.34. The highest BCUT2D eigenvalue weighted by Gasteiger charge is 2.15. The van der Waals surface area contributed by atoms with Gasteiger partial charge in [0.15, 0.2) is 0 Å². The molecule has 0 spiro atoms. The van der Waals surface area contributed by atoms with E-state index in [2.05, 4.69) is 4.72 Å². The summed E-state index contributed by atoms with van der Waals surface area (Å²) in [6, 6.07) is 22.2. The monoisotopic (exact) mass is 337 g/mol. The number of benzene rings is 3. The SMILES string of the molecule is O=S(=O)(NCc1cc2ccccc2o1)c1ccc2ccccc2c1. The van der Waals surface area contributed by atoms with Crippen LogP contribution in [0.3, 0.4) is 0 Å². The van der Waals surface area contributed by atoms with Crippen LogP contribution >= 0.6 is 0 Å². The number of furan rings is 1. The Labute approximate surface area is 139 Å². The zero-order chi connectivity index (χ0) is 16.6. The molecule has 0 aliphatic rings. The molecule has 3 aromatic carbocycles. The van der Waals surface area contributed by atoms with Gasteiger partial charge in [0.2, 0.25) is 10.0 Å². The van der Waals surface area contributed by atoms with Crippen LogP contribution in [0.25, 0.3) is 21.7 Å². The van der Waals surface area contributed by atoms with Crippen molar-refractivity contribution in [1.82, 2.24) is 4.72 Å². The molecular formula is C19H15NO3S. The van der Waals surface area contributed by atoms with Gasteiger partial charge in [0.05, 0.1) is 11.4 Å². The molecule has 0 amide bonds. The average molecular weight is 337 g/mol. The van der Waals surface area contributed by atoms with Crippen molar-refractivity contribution in [3.05, 3.63) is 78.6 Å². The highest BCUT2D eigenvalue weighted by Crippen LogP contribution is 2.21. The van der Waals surface area contributed by atoms with Crippen molar-refractivity contribution in [3.63, 3.8) is 0 Å². The molecule has 0 atom stereocenters. The van der Waals surface area contributed by atoms with Crippen LogP contribution < -0.4 is 4.72 Å². The molecule has 5 heteroatoms. The van der Waals surface area contributed by atoms with Crippen LogP contribution in [-0.2, 0) is 16.6 Å². The van der Waals surface area contributed by atoms with Gasteiger partial charge in [0.25, 0.3) is 0 Å². The summed E-state index contributed by atoms with van der Waals surface area (Å²) in [6.45, 7) is 0.115. The van der Waals surface area contributed by atoms with E-state index < -0.39 is 10.0 Å². The van der Waals surface area contributed by atoms with Crippen LogP contribution in [0.1, 0.15) is 5.76 Å². The van der Waals surface area contributed by atoms with Gasteiger partial charge in [-0.25, -0.2) is 13.1 Å². The van der Waals surface area contributed by atoms with Gasteiger partial charge >= 0.3 is 0 Å². The Hall–Kier alpha value is -2.63. The van der Waals surface area contributed by atoms with Crippen LogP contribution in [-0.4, -0.2) is 8.42 Å². The standard InChI is InChI=1S/C19H15NO3S/c21-24(22,18-10-9-14-5-1-2-6-15(14)12-18)20-13-17-11-16-7-3-4-8-19(16)23-17/h1-12,20H,13H2. The number of para-hydroxylation sites is 1. The molecular weight excluding hydrogens is 322 g/mol. The highest BCUT2D eigenvalue weighted by molar-refractivity contribution is 7.89. The largest absolute Gasteiger partial charge is 0.460 e. The number of hydrogen-bond donors (Lipinski definition) is 1. The summed E-state index contributed by atoms with van der Waals surface area (Å²) in [4.78, 5) is 0.248. The number of hydrogen-bond acceptors (Lipinski definition) is 3. The topological polar surface area (TPSA) is 59.3 Å². The summed E-state index contributed by atoms with van der Waals surface area (Å²) in [5.74, 6) is 0.584. The Bertz CT molecular complexity index is 1100. The first-order valence-electron chi connectivity index (χ1n) is 7.58. The molecule has 24 heavy (non-hydrogen) atoms. The lowest BCUT2D eigenvalue weighted by Gasteiger charge is -2.06. The Balaban J connectivity index is 1.59. The van der Waals surface area contributed by atoms with Crippen molar-refractivity contribution in [1.29, 1.82) is 0 Å². The maximum Gasteiger partial charge on any atom is 0.240 e. The lowest BCUT2D eigenvalue weighted by atomic mass is 10.1. The van der Waals surface area contributed by atoms with Crippen LogP contribution in [0.2, 0.25) is 0 Å². The predicted molar refractivity (Wildman–Crippen MR) is 94.2 cm³/mol. The minimum Gasteiger partial charge on any atom is -0.460 e. The van der Waals surface area contributed by atoms with E-state index in [0.717, 1.165) is 21.7 Å².